The summed E-state index contributed by atoms with van der Waals surface area (Å²) in [6.45, 7) is 1.49. The number of ether oxygens (including phenoxy) is 1. The largest absolute Gasteiger partial charge is 0.385 e. The van der Waals surface area contributed by atoms with E-state index in [0.29, 0.717) is 38.2 Å². The summed E-state index contributed by atoms with van der Waals surface area (Å²) in [6.07, 6.45) is 1.23. The van der Waals surface area contributed by atoms with Crippen molar-refractivity contribution >= 4 is 21.4 Å². The zero-order valence-corrected chi connectivity index (χ0v) is 13.2. The Morgan fingerprint density at radius 1 is 1.24 bits per heavy atom. The monoisotopic (exact) mass is 316 g/mol. The smallest absolute Gasteiger partial charge is 0.235 e. The molecule has 21 heavy (non-hydrogen) atoms. The number of fused-ring (bicyclic) bond motifs is 1. The molecule has 0 fully saturated rings. The van der Waals surface area contributed by atoms with Gasteiger partial charge in [-0.15, -0.1) is 0 Å². The first kappa shape index (κ1) is 16.0. The number of unbranched alkanes of at least 4 members (excludes halogenated alkanes) is 1. The average Bonchev–Trinajstić information content (AvgIpc) is 2.43. The third-order valence-electron chi connectivity index (χ3n) is 3.59. The summed E-state index contributed by atoms with van der Waals surface area (Å²) in [6, 6.07) is 4.26. The summed E-state index contributed by atoms with van der Waals surface area (Å²) in [5.74, 6) is -0.376. The first-order chi connectivity index (χ1) is 9.95. The second-order valence-corrected chi connectivity index (χ2v) is 7.16. The molecule has 0 amide bonds. The number of anilines is 2. The Labute approximate surface area is 125 Å². The second-order valence-electron chi connectivity index (χ2n) is 5.14. The van der Waals surface area contributed by atoms with Crippen molar-refractivity contribution < 1.29 is 17.5 Å². The molecule has 0 aromatic heterocycles. The highest BCUT2D eigenvalue weighted by atomic mass is 32.2. The average molecular weight is 316 g/mol. The highest BCUT2D eigenvalue weighted by Crippen LogP contribution is 2.34. The molecule has 1 aliphatic rings. The fraction of sp³-hybridized carbons (Fsp3) is 0.571. The number of rotatable bonds is 6. The van der Waals surface area contributed by atoms with Crippen LogP contribution < -0.4 is 9.21 Å². The number of methoxy groups -OCH3 is 1. The number of benzene rings is 1. The van der Waals surface area contributed by atoms with Gasteiger partial charge in [-0.3, -0.25) is 4.31 Å². The normalized spacial score (nSPS) is 15.2. The van der Waals surface area contributed by atoms with Crippen molar-refractivity contribution in [2.45, 2.75) is 12.8 Å². The number of hydrogen-bond donors (Lipinski definition) is 0. The Balaban J connectivity index is 2.21. The molecule has 0 N–H and O–H groups in total. The standard InChI is InChI=1S/C14H21FN2O3S/c1-16-7-8-17(14-11-12(15)5-6-13(14)16)21(18,19)10-4-3-9-20-2/h5-6,11H,3-4,7-10H2,1-2H3. The molecule has 0 unspecified atom stereocenters. The van der Waals surface area contributed by atoms with Crippen molar-refractivity contribution in [2.75, 3.05) is 48.8 Å². The molecule has 0 aliphatic carbocycles. The van der Waals surface area contributed by atoms with Crippen LogP contribution in [-0.4, -0.2) is 48.0 Å². The molecule has 1 heterocycles. The van der Waals surface area contributed by atoms with Crippen molar-refractivity contribution in [2.24, 2.45) is 0 Å². The van der Waals surface area contributed by atoms with Crippen LogP contribution in [0.5, 0.6) is 0 Å². The van der Waals surface area contributed by atoms with Crippen molar-refractivity contribution in [1.29, 1.82) is 0 Å². The van der Waals surface area contributed by atoms with E-state index < -0.39 is 15.8 Å². The molecule has 1 aliphatic heterocycles. The Hall–Kier alpha value is -1.34. The SMILES string of the molecule is COCCCCS(=O)(=O)N1CCN(C)c2ccc(F)cc21. The van der Waals surface area contributed by atoms with Gasteiger partial charge in [-0.2, -0.15) is 0 Å². The first-order valence-corrected chi connectivity index (χ1v) is 8.56. The van der Waals surface area contributed by atoms with Crippen LogP contribution >= 0.6 is 0 Å². The third kappa shape index (κ3) is 3.65. The molecule has 0 saturated heterocycles. The third-order valence-corrected chi connectivity index (χ3v) is 5.45. The Kier molecular flexibility index (Phi) is 5.05. The van der Waals surface area contributed by atoms with Gasteiger partial charge in [-0.05, 0) is 25.0 Å². The molecule has 0 saturated carbocycles. The van der Waals surface area contributed by atoms with Gasteiger partial charge in [0.2, 0.25) is 10.0 Å². The molecule has 118 valence electrons. The summed E-state index contributed by atoms with van der Waals surface area (Å²) in [4.78, 5) is 1.94. The van der Waals surface area contributed by atoms with Crippen LogP contribution in [0.4, 0.5) is 15.8 Å². The molecule has 0 radical (unpaired) electrons. The molecule has 1 aromatic rings. The van der Waals surface area contributed by atoms with E-state index in [9.17, 15) is 12.8 Å². The molecule has 2 rings (SSSR count). The quantitative estimate of drug-likeness (QED) is 0.752. The van der Waals surface area contributed by atoms with Gasteiger partial charge in [0, 0.05) is 33.4 Å². The zero-order valence-electron chi connectivity index (χ0n) is 12.4. The van der Waals surface area contributed by atoms with Crippen molar-refractivity contribution in [1.82, 2.24) is 0 Å². The van der Waals surface area contributed by atoms with E-state index in [2.05, 4.69) is 0 Å². The maximum atomic E-state index is 13.5. The summed E-state index contributed by atoms with van der Waals surface area (Å²) < 4.78 is 44.7. The number of sulfonamides is 1. The van der Waals surface area contributed by atoms with Gasteiger partial charge in [0.1, 0.15) is 5.82 Å². The summed E-state index contributed by atoms with van der Waals surface area (Å²) in [5, 5.41) is 0. The van der Waals surface area contributed by atoms with Gasteiger partial charge in [0.25, 0.3) is 0 Å². The molecule has 0 atom stereocenters. The van der Waals surface area contributed by atoms with Crippen LogP contribution in [0, 0.1) is 5.82 Å². The van der Waals surface area contributed by atoms with Crippen LogP contribution in [0.2, 0.25) is 0 Å². The predicted molar refractivity (Wildman–Crippen MR) is 81.9 cm³/mol. The van der Waals surface area contributed by atoms with Crippen molar-refractivity contribution in [3.05, 3.63) is 24.0 Å². The van der Waals surface area contributed by atoms with Crippen molar-refractivity contribution in [3.8, 4) is 0 Å². The van der Waals surface area contributed by atoms with E-state index in [-0.39, 0.29) is 5.75 Å². The highest BCUT2D eigenvalue weighted by Gasteiger charge is 2.29. The molecular weight excluding hydrogens is 295 g/mol. The molecule has 7 heteroatoms. The van der Waals surface area contributed by atoms with Crippen LogP contribution in [0.1, 0.15) is 12.8 Å². The van der Waals surface area contributed by atoms with E-state index in [1.54, 1.807) is 13.2 Å². The lowest BCUT2D eigenvalue weighted by Crippen LogP contribution is -2.43. The minimum Gasteiger partial charge on any atom is -0.385 e. The summed E-state index contributed by atoms with van der Waals surface area (Å²) >= 11 is 0. The van der Waals surface area contributed by atoms with Crippen LogP contribution in [0.15, 0.2) is 18.2 Å². The minimum absolute atomic E-state index is 0.0516. The molecule has 0 spiro atoms. The van der Waals surface area contributed by atoms with Crippen molar-refractivity contribution in [3.63, 3.8) is 0 Å². The van der Waals surface area contributed by atoms with E-state index in [4.69, 9.17) is 4.74 Å². The van der Waals surface area contributed by atoms with Crippen LogP contribution in [0.3, 0.4) is 0 Å². The Morgan fingerprint density at radius 3 is 2.71 bits per heavy atom. The number of halogens is 1. The van der Waals surface area contributed by atoms with Gasteiger partial charge in [0.05, 0.1) is 23.7 Å². The lowest BCUT2D eigenvalue weighted by atomic mass is 10.2. The maximum Gasteiger partial charge on any atom is 0.235 e. The first-order valence-electron chi connectivity index (χ1n) is 6.96. The van der Waals surface area contributed by atoms with Gasteiger partial charge < -0.3 is 9.64 Å². The Morgan fingerprint density at radius 2 is 2.00 bits per heavy atom. The van der Waals surface area contributed by atoms with E-state index >= 15 is 0 Å². The number of hydrogen-bond acceptors (Lipinski definition) is 4. The second kappa shape index (κ2) is 6.62. The number of nitrogens with zero attached hydrogens (tertiary/aromatic N) is 2. The van der Waals surface area contributed by atoms with E-state index in [1.165, 1.54) is 16.4 Å². The van der Waals surface area contributed by atoms with Gasteiger partial charge >= 0.3 is 0 Å². The lowest BCUT2D eigenvalue weighted by molar-refractivity contribution is 0.194. The Bertz CT molecular complexity index is 592. The van der Waals surface area contributed by atoms with Crippen LogP contribution in [-0.2, 0) is 14.8 Å². The minimum atomic E-state index is -3.43. The van der Waals surface area contributed by atoms with E-state index in [0.717, 1.165) is 5.69 Å². The van der Waals surface area contributed by atoms with E-state index in [1.807, 2.05) is 11.9 Å². The van der Waals surface area contributed by atoms with Gasteiger partial charge in [-0.1, -0.05) is 0 Å². The van der Waals surface area contributed by atoms with Gasteiger partial charge in [-0.25, -0.2) is 12.8 Å². The topological polar surface area (TPSA) is 49.9 Å². The molecule has 1 aromatic carbocycles. The summed E-state index contributed by atoms with van der Waals surface area (Å²) in [5.41, 5.74) is 1.17. The molecule has 0 bridgehead atoms. The summed E-state index contributed by atoms with van der Waals surface area (Å²) in [7, 11) is 0.0326. The lowest BCUT2D eigenvalue weighted by Gasteiger charge is -2.36. The molecular formula is C14H21FN2O3S. The number of likely N-dealkylation sites (N-methyl/N-ethyl adjacent to an activating group) is 1. The maximum absolute atomic E-state index is 13.5. The molecule has 5 nitrogen and oxygen atoms in total. The predicted octanol–water partition coefficient (Wildman–Crippen LogP) is 1.84. The van der Waals surface area contributed by atoms with Gasteiger partial charge in [0.15, 0.2) is 0 Å². The highest BCUT2D eigenvalue weighted by molar-refractivity contribution is 7.92. The zero-order chi connectivity index (χ0) is 15.5. The van der Waals surface area contributed by atoms with Crippen LogP contribution in [0.25, 0.3) is 0 Å². The fourth-order valence-corrected chi connectivity index (χ4v) is 4.03. The fourth-order valence-electron chi connectivity index (χ4n) is 2.43.